The topological polar surface area (TPSA) is 12.0 Å². The summed E-state index contributed by atoms with van der Waals surface area (Å²) >= 11 is 0. The van der Waals surface area contributed by atoms with Gasteiger partial charge in [-0.05, 0) is 43.4 Å². The van der Waals surface area contributed by atoms with Crippen molar-refractivity contribution in [2.75, 3.05) is 6.54 Å². The smallest absolute Gasteiger partial charge is 0.0323 e. The van der Waals surface area contributed by atoms with Gasteiger partial charge in [0.25, 0.3) is 0 Å². The molecule has 1 aromatic rings. The maximum Gasteiger partial charge on any atom is 0.0323 e. The van der Waals surface area contributed by atoms with E-state index in [1.54, 1.807) is 11.1 Å². The van der Waals surface area contributed by atoms with Gasteiger partial charge < -0.3 is 5.32 Å². The van der Waals surface area contributed by atoms with Gasteiger partial charge in [0.15, 0.2) is 0 Å². The zero-order valence-corrected chi connectivity index (χ0v) is 11.8. The Kier molecular flexibility index (Phi) is 5.73. The Balaban J connectivity index is 1.74. The van der Waals surface area contributed by atoms with Crippen LogP contribution in [-0.4, -0.2) is 6.54 Å². The highest BCUT2D eigenvalue weighted by Crippen LogP contribution is 2.29. The summed E-state index contributed by atoms with van der Waals surface area (Å²) in [5.41, 5.74) is 3.12. The quantitative estimate of drug-likeness (QED) is 0.691. The molecule has 0 radical (unpaired) electrons. The zero-order chi connectivity index (χ0) is 12.6. The summed E-state index contributed by atoms with van der Waals surface area (Å²) in [5, 5.41) is 3.75. The molecule has 18 heavy (non-hydrogen) atoms. The lowest BCUT2D eigenvalue weighted by Crippen LogP contribution is -2.26. The van der Waals surface area contributed by atoms with Crippen LogP contribution in [0.5, 0.6) is 0 Å². The molecule has 100 valence electrons. The lowest BCUT2D eigenvalue weighted by Gasteiger charge is -2.26. The minimum atomic E-state index is 0.612. The molecule has 1 atom stereocenters. The first-order chi connectivity index (χ1) is 8.92. The molecule has 1 aliphatic rings. The van der Waals surface area contributed by atoms with E-state index in [1.165, 1.54) is 57.9 Å². The molecule has 0 fully saturated rings. The van der Waals surface area contributed by atoms with Crippen molar-refractivity contribution in [1.29, 1.82) is 0 Å². The number of hydrogen-bond acceptors (Lipinski definition) is 1. The van der Waals surface area contributed by atoms with Crippen molar-refractivity contribution in [2.45, 2.75) is 64.3 Å². The van der Waals surface area contributed by atoms with Crippen LogP contribution in [0.4, 0.5) is 0 Å². The number of fused-ring (bicyclic) bond motifs is 1. The normalized spacial score (nSPS) is 18.6. The third kappa shape index (κ3) is 3.84. The minimum absolute atomic E-state index is 0.612. The van der Waals surface area contributed by atoms with E-state index >= 15 is 0 Å². The standard InChI is InChI=1S/C17H27N/c1-2-3-4-5-8-14-18-17-13-9-11-15-10-6-7-12-16(15)17/h6-7,10,12,17-18H,2-5,8-9,11,13-14H2,1H3. The van der Waals surface area contributed by atoms with Crippen molar-refractivity contribution in [2.24, 2.45) is 0 Å². The molecule has 0 aromatic heterocycles. The van der Waals surface area contributed by atoms with Gasteiger partial charge in [0, 0.05) is 6.04 Å². The second kappa shape index (κ2) is 7.58. The van der Waals surface area contributed by atoms with Crippen molar-refractivity contribution >= 4 is 0 Å². The molecule has 0 heterocycles. The van der Waals surface area contributed by atoms with Crippen LogP contribution in [0.1, 0.15) is 69.0 Å². The van der Waals surface area contributed by atoms with Crippen molar-refractivity contribution in [3.05, 3.63) is 35.4 Å². The van der Waals surface area contributed by atoms with Gasteiger partial charge in [-0.25, -0.2) is 0 Å². The maximum atomic E-state index is 3.75. The molecule has 0 bridgehead atoms. The summed E-state index contributed by atoms with van der Waals surface area (Å²) in [6.07, 6.45) is 10.8. The number of benzene rings is 1. The van der Waals surface area contributed by atoms with Crippen LogP contribution in [0.25, 0.3) is 0 Å². The van der Waals surface area contributed by atoms with Gasteiger partial charge in [0.2, 0.25) is 0 Å². The largest absolute Gasteiger partial charge is 0.310 e. The maximum absolute atomic E-state index is 3.75. The highest BCUT2D eigenvalue weighted by Gasteiger charge is 2.18. The van der Waals surface area contributed by atoms with E-state index in [0.717, 1.165) is 0 Å². The highest BCUT2D eigenvalue weighted by molar-refractivity contribution is 5.32. The van der Waals surface area contributed by atoms with Crippen molar-refractivity contribution in [1.82, 2.24) is 5.32 Å². The van der Waals surface area contributed by atoms with Gasteiger partial charge in [0.05, 0.1) is 0 Å². The number of aryl methyl sites for hydroxylation is 1. The summed E-state index contributed by atoms with van der Waals surface area (Å²) in [7, 11) is 0. The fraction of sp³-hybridized carbons (Fsp3) is 0.647. The molecule has 1 heteroatoms. The first-order valence-electron chi connectivity index (χ1n) is 7.73. The van der Waals surface area contributed by atoms with Crippen molar-refractivity contribution in [3.63, 3.8) is 0 Å². The van der Waals surface area contributed by atoms with Crippen LogP contribution in [0.3, 0.4) is 0 Å². The Hall–Kier alpha value is -0.820. The predicted molar refractivity (Wildman–Crippen MR) is 78.9 cm³/mol. The minimum Gasteiger partial charge on any atom is -0.310 e. The van der Waals surface area contributed by atoms with E-state index in [1.807, 2.05) is 0 Å². The molecule has 1 aromatic carbocycles. The molecule has 0 amide bonds. The lowest BCUT2D eigenvalue weighted by atomic mass is 9.88. The molecule has 0 saturated carbocycles. The van der Waals surface area contributed by atoms with E-state index in [-0.39, 0.29) is 0 Å². The summed E-state index contributed by atoms with van der Waals surface area (Å²) < 4.78 is 0. The van der Waals surface area contributed by atoms with Gasteiger partial charge in [0.1, 0.15) is 0 Å². The molecule has 2 rings (SSSR count). The summed E-state index contributed by atoms with van der Waals surface area (Å²) in [4.78, 5) is 0. The third-order valence-corrected chi connectivity index (χ3v) is 4.04. The molecule has 1 aliphatic carbocycles. The summed E-state index contributed by atoms with van der Waals surface area (Å²) in [5.74, 6) is 0. The lowest BCUT2D eigenvalue weighted by molar-refractivity contribution is 0.448. The Morgan fingerprint density at radius 1 is 1.11 bits per heavy atom. The fourth-order valence-electron chi connectivity index (χ4n) is 2.97. The van der Waals surface area contributed by atoms with E-state index < -0.39 is 0 Å². The van der Waals surface area contributed by atoms with Gasteiger partial charge in [-0.2, -0.15) is 0 Å². The van der Waals surface area contributed by atoms with Crippen LogP contribution in [0.15, 0.2) is 24.3 Å². The molecule has 1 unspecified atom stereocenters. The summed E-state index contributed by atoms with van der Waals surface area (Å²) in [6, 6.07) is 9.57. The first-order valence-corrected chi connectivity index (χ1v) is 7.73. The molecule has 1 N–H and O–H groups in total. The zero-order valence-electron chi connectivity index (χ0n) is 11.8. The SMILES string of the molecule is CCCCCCCNC1CCCc2ccccc21. The molecular weight excluding hydrogens is 218 g/mol. The molecule has 0 spiro atoms. The van der Waals surface area contributed by atoms with Crippen molar-refractivity contribution < 1.29 is 0 Å². The Morgan fingerprint density at radius 3 is 2.83 bits per heavy atom. The van der Waals surface area contributed by atoms with Gasteiger partial charge in [-0.3, -0.25) is 0 Å². The summed E-state index contributed by atoms with van der Waals surface area (Å²) in [6.45, 7) is 3.46. The predicted octanol–water partition coefficient (Wildman–Crippen LogP) is 4.62. The number of rotatable bonds is 7. The van der Waals surface area contributed by atoms with Crippen LogP contribution < -0.4 is 5.32 Å². The fourth-order valence-corrected chi connectivity index (χ4v) is 2.97. The highest BCUT2D eigenvalue weighted by atomic mass is 14.9. The second-order valence-corrected chi connectivity index (χ2v) is 5.51. The average Bonchev–Trinajstić information content (AvgIpc) is 2.43. The molecular formula is C17H27N. The molecule has 0 saturated heterocycles. The van der Waals surface area contributed by atoms with E-state index in [9.17, 15) is 0 Å². The third-order valence-electron chi connectivity index (χ3n) is 4.04. The van der Waals surface area contributed by atoms with Crippen LogP contribution in [-0.2, 0) is 6.42 Å². The monoisotopic (exact) mass is 245 g/mol. The second-order valence-electron chi connectivity index (χ2n) is 5.51. The molecule has 1 nitrogen and oxygen atoms in total. The van der Waals surface area contributed by atoms with Gasteiger partial charge in [-0.1, -0.05) is 56.9 Å². The van der Waals surface area contributed by atoms with Crippen LogP contribution in [0, 0.1) is 0 Å². The number of nitrogens with one attached hydrogen (secondary N) is 1. The Labute approximate surface area is 112 Å². The van der Waals surface area contributed by atoms with E-state index in [4.69, 9.17) is 0 Å². The number of hydrogen-bond donors (Lipinski definition) is 1. The Bertz CT molecular complexity index is 345. The molecule has 0 aliphatic heterocycles. The van der Waals surface area contributed by atoms with Crippen LogP contribution in [0.2, 0.25) is 0 Å². The van der Waals surface area contributed by atoms with Gasteiger partial charge >= 0.3 is 0 Å². The van der Waals surface area contributed by atoms with Crippen LogP contribution >= 0.6 is 0 Å². The van der Waals surface area contributed by atoms with E-state index in [0.29, 0.717) is 6.04 Å². The van der Waals surface area contributed by atoms with Crippen molar-refractivity contribution in [3.8, 4) is 0 Å². The van der Waals surface area contributed by atoms with E-state index in [2.05, 4.69) is 36.5 Å². The van der Waals surface area contributed by atoms with Gasteiger partial charge in [-0.15, -0.1) is 0 Å². The number of unbranched alkanes of at least 4 members (excludes halogenated alkanes) is 4. The average molecular weight is 245 g/mol. The first kappa shape index (κ1) is 13.6. The Morgan fingerprint density at radius 2 is 1.94 bits per heavy atom.